The summed E-state index contributed by atoms with van der Waals surface area (Å²) in [6.45, 7) is 0. The molecule has 4 aromatic rings. The lowest BCUT2D eigenvalue weighted by Gasteiger charge is -2.24. The second kappa shape index (κ2) is 8.45. The Labute approximate surface area is 182 Å². The van der Waals surface area contributed by atoms with E-state index >= 15 is 0 Å². The fourth-order valence-electron chi connectivity index (χ4n) is 4.71. The number of nitrogens with zero attached hydrogens (tertiary/aromatic N) is 1. The van der Waals surface area contributed by atoms with Crippen molar-refractivity contribution in [2.45, 2.75) is 31.6 Å². The van der Waals surface area contributed by atoms with Crippen LogP contribution in [0.4, 0.5) is 0 Å². The molecule has 30 heavy (non-hydrogen) atoms. The first-order valence-corrected chi connectivity index (χ1v) is 11.4. The highest BCUT2D eigenvalue weighted by molar-refractivity contribution is 7.05. The third kappa shape index (κ3) is 3.90. The number of aromatic hydroxyl groups is 1. The fourth-order valence-corrected chi connectivity index (χ4v) is 5.57. The van der Waals surface area contributed by atoms with E-state index < -0.39 is 0 Å². The minimum absolute atomic E-state index is 0.168. The maximum atomic E-state index is 10.1. The fraction of sp³-hybridized carbons (Fsp3) is 0.222. The van der Waals surface area contributed by atoms with Crippen LogP contribution in [0.1, 0.15) is 45.2 Å². The number of phenolic OH excluding ortho intramolecular Hbond substituents is 1. The highest BCUT2D eigenvalue weighted by Gasteiger charge is 2.24. The molecule has 5 rings (SSSR count). The topological polar surface area (TPSA) is 33.1 Å². The number of benzene rings is 3. The first-order valence-electron chi connectivity index (χ1n) is 10.6. The number of aromatic nitrogens is 1. The van der Waals surface area contributed by atoms with Gasteiger partial charge in [-0.25, -0.2) is 0 Å². The Morgan fingerprint density at radius 2 is 1.60 bits per heavy atom. The number of phenols is 1. The molecular formula is C27H25NOS. The third-order valence-corrected chi connectivity index (χ3v) is 7.01. The van der Waals surface area contributed by atoms with Crippen molar-refractivity contribution in [1.82, 2.24) is 4.37 Å². The van der Waals surface area contributed by atoms with Gasteiger partial charge in [-0.3, -0.25) is 0 Å². The number of fused-ring (bicyclic) bond motifs is 1. The van der Waals surface area contributed by atoms with E-state index in [1.54, 1.807) is 11.5 Å². The quantitative estimate of drug-likeness (QED) is 0.413. The zero-order chi connectivity index (χ0) is 20.3. The zero-order valence-corrected chi connectivity index (χ0v) is 17.7. The van der Waals surface area contributed by atoms with E-state index in [0.29, 0.717) is 11.7 Å². The van der Waals surface area contributed by atoms with Crippen molar-refractivity contribution in [2.75, 3.05) is 0 Å². The van der Waals surface area contributed by atoms with E-state index in [4.69, 9.17) is 4.37 Å². The molecule has 1 N–H and O–H groups in total. The van der Waals surface area contributed by atoms with Gasteiger partial charge in [-0.15, -0.1) is 0 Å². The monoisotopic (exact) mass is 411 g/mol. The second-order valence-corrected chi connectivity index (χ2v) is 9.09. The molecule has 150 valence electrons. The Hall–Kier alpha value is -2.91. The predicted octanol–water partition coefficient (Wildman–Crippen LogP) is 6.38. The summed E-state index contributed by atoms with van der Waals surface area (Å²) in [7, 11) is 0. The molecule has 1 atom stereocenters. The van der Waals surface area contributed by atoms with E-state index in [9.17, 15) is 5.11 Å². The average Bonchev–Trinajstić information content (AvgIpc) is 3.23. The summed E-state index contributed by atoms with van der Waals surface area (Å²) in [5, 5.41) is 10.1. The van der Waals surface area contributed by atoms with Gasteiger partial charge < -0.3 is 5.11 Å². The van der Waals surface area contributed by atoms with Gasteiger partial charge in [0, 0.05) is 4.88 Å². The van der Waals surface area contributed by atoms with Crippen LogP contribution < -0.4 is 0 Å². The summed E-state index contributed by atoms with van der Waals surface area (Å²) < 4.78 is 4.89. The summed E-state index contributed by atoms with van der Waals surface area (Å²) >= 11 is 1.65. The maximum Gasteiger partial charge on any atom is 0.119 e. The third-order valence-electron chi connectivity index (χ3n) is 6.19. The summed E-state index contributed by atoms with van der Waals surface area (Å²) in [6.07, 6.45) is 4.19. The Balaban J connectivity index is 1.39. The molecule has 1 unspecified atom stereocenters. The van der Waals surface area contributed by atoms with Crippen molar-refractivity contribution < 1.29 is 5.11 Å². The van der Waals surface area contributed by atoms with Crippen molar-refractivity contribution in [3.63, 3.8) is 0 Å². The van der Waals surface area contributed by atoms with Gasteiger partial charge in [0.25, 0.3) is 0 Å². The molecule has 1 aliphatic carbocycles. The molecule has 3 heteroatoms. The Morgan fingerprint density at radius 3 is 2.30 bits per heavy atom. The van der Waals surface area contributed by atoms with Gasteiger partial charge >= 0.3 is 0 Å². The highest BCUT2D eigenvalue weighted by atomic mass is 32.1. The van der Waals surface area contributed by atoms with Crippen molar-refractivity contribution in [3.05, 3.63) is 118 Å². The Morgan fingerprint density at radius 1 is 0.900 bits per heavy atom. The van der Waals surface area contributed by atoms with Gasteiger partial charge in [0.05, 0.1) is 11.6 Å². The number of hydrogen-bond acceptors (Lipinski definition) is 3. The van der Waals surface area contributed by atoms with Gasteiger partial charge in [0.2, 0.25) is 0 Å². The number of hydrogen-bond donors (Lipinski definition) is 1. The Bertz CT molecular complexity index is 1080. The summed E-state index contributed by atoms with van der Waals surface area (Å²) in [6, 6.07) is 29.6. The molecule has 0 bridgehead atoms. The van der Waals surface area contributed by atoms with Gasteiger partial charge in [0.15, 0.2) is 0 Å². The SMILES string of the molecule is Oc1cccc2c1CCC(Cc1cc(C(c3ccccc3)c3ccccc3)ns1)C2. The van der Waals surface area contributed by atoms with Gasteiger partial charge in [-0.2, -0.15) is 4.37 Å². The lowest BCUT2D eigenvalue weighted by molar-refractivity contribution is 0.428. The lowest BCUT2D eigenvalue weighted by atomic mass is 9.81. The van der Waals surface area contributed by atoms with Crippen LogP contribution in [0.25, 0.3) is 0 Å². The van der Waals surface area contributed by atoms with E-state index in [1.807, 2.05) is 12.1 Å². The van der Waals surface area contributed by atoms with E-state index in [1.165, 1.54) is 21.6 Å². The van der Waals surface area contributed by atoms with Crippen molar-refractivity contribution in [3.8, 4) is 5.75 Å². The van der Waals surface area contributed by atoms with Crippen LogP contribution in [0.15, 0.2) is 84.9 Å². The molecule has 0 aliphatic heterocycles. The maximum absolute atomic E-state index is 10.1. The molecule has 2 nitrogen and oxygen atoms in total. The molecule has 0 saturated carbocycles. The molecule has 3 aromatic carbocycles. The molecular weight excluding hydrogens is 386 g/mol. The van der Waals surface area contributed by atoms with E-state index in [0.717, 1.165) is 36.9 Å². The van der Waals surface area contributed by atoms with Crippen molar-refractivity contribution >= 4 is 11.5 Å². The van der Waals surface area contributed by atoms with Crippen LogP contribution >= 0.6 is 11.5 Å². The summed E-state index contributed by atoms with van der Waals surface area (Å²) in [5.41, 5.74) is 6.15. The Kier molecular flexibility index (Phi) is 5.37. The minimum atomic E-state index is 0.168. The molecule has 0 spiro atoms. The minimum Gasteiger partial charge on any atom is -0.508 e. The van der Waals surface area contributed by atoms with E-state index in [-0.39, 0.29) is 5.92 Å². The standard InChI is InChI=1S/C27H25NOS/c29-26-13-7-12-22-16-19(14-15-24(22)26)17-23-18-25(28-30-23)27(20-8-3-1-4-9-20)21-10-5-2-6-11-21/h1-13,18-19,27,29H,14-17H2. The normalized spacial score (nSPS) is 15.8. The van der Waals surface area contributed by atoms with Crippen molar-refractivity contribution in [2.24, 2.45) is 5.92 Å². The lowest BCUT2D eigenvalue weighted by Crippen LogP contribution is -2.16. The molecule has 1 aliphatic rings. The van der Waals surface area contributed by atoms with Crippen molar-refractivity contribution in [1.29, 1.82) is 0 Å². The van der Waals surface area contributed by atoms with Crippen LogP contribution in [0.5, 0.6) is 5.75 Å². The molecule has 0 fully saturated rings. The van der Waals surface area contributed by atoms with Crippen LogP contribution in [-0.4, -0.2) is 9.48 Å². The summed E-state index contributed by atoms with van der Waals surface area (Å²) in [5.74, 6) is 1.24. The van der Waals surface area contributed by atoms with Gasteiger partial charge in [-0.1, -0.05) is 72.8 Å². The molecule has 0 radical (unpaired) electrons. The second-order valence-electron chi connectivity index (χ2n) is 8.20. The van der Waals surface area contributed by atoms with Crippen LogP contribution in [0, 0.1) is 5.92 Å². The molecule has 1 aromatic heterocycles. The van der Waals surface area contributed by atoms with Crippen LogP contribution in [0.3, 0.4) is 0 Å². The number of rotatable bonds is 5. The molecule has 1 heterocycles. The van der Waals surface area contributed by atoms with Gasteiger partial charge in [0.1, 0.15) is 5.75 Å². The predicted molar refractivity (Wildman–Crippen MR) is 123 cm³/mol. The zero-order valence-electron chi connectivity index (χ0n) is 16.9. The smallest absolute Gasteiger partial charge is 0.119 e. The first kappa shape index (κ1) is 19.1. The molecule has 0 amide bonds. The molecule has 0 saturated heterocycles. The average molecular weight is 412 g/mol. The highest BCUT2D eigenvalue weighted by Crippen LogP contribution is 2.36. The first-order chi connectivity index (χ1) is 14.8. The van der Waals surface area contributed by atoms with E-state index in [2.05, 4.69) is 72.8 Å². The van der Waals surface area contributed by atoms with Gasteiger partial charge in [-0.05, 0) is 77.5 Å². The van der Waals surface area contributed by atoms with Crippen LogP contribution in [-0.2, 0) is 19.3 Å². The summed E-state index contributed by atoms with van der Waals surface area (Å²) in [4.78, 5) is 1.36. The van der Waals surface area contributed by atoms with Crippen LogP contribution in [0.2, 0.25) is 0 Å². The largest absolute Gasteiger partial charge is 0.508 e.